The predicted octanol–water partition coefficient (Wildman–Crippen LogP) is 4.95. The van der Waals surface area contributed by atoms with E-state index in [1.165, 1.54) is 11.1 Å². The number of carbonyl (C=O) groups excluding carboxylic acids is 1. The van der Waals surface area contributed by atoms with Crippen LogP contribution in [-0.4, -0.2) is 25.9 Å². The molecule has 7 heteroatoms. The van der Waals surface area contributed by atoms with Crippen molar-refractivity contribution in [1.29, 1.82) is 0 Å². The summed E-state index contributed by atoms with van der Waals surface area (Å²) in [5.74, 6) is 0.823. The van der Waals surface area contributed by atoms with Gasteiger partial charge in [-0.15, -0.1) is 10.2 Å². The molecular formula is C26H27N5O2. The Kier molecular flexibility index (Phi) is 5.12. The SMILES string of the molecule is Cc1nnc(-c2cc(C(C)(C)C)n(-c3ccc(C(=O)N[C@@H]4CCc5ccccc54)cc3)n2)o1. The molecule has 1 aliphatic rings. The lowest BCUT2D eigenvalue weighted by atomic mass is 9.91. The van der Waals surface area contributed by atoms with Crippen molar-refractivity contribution in [2.45, 2.75) is 52.0 Å². The first-order valence-electron chi connectivity index (χ1n) is 11.2. The number of fused-ring (bicyclic) bond motifs is 1. The number of hydrogen-bond donors (Lipinski definition) is 1. The van der Waals surface area contributed by atoms with E-state index in [1.54, 1.807) is 6.92 Å². The molecule has 0 saturated carbocycles. The van der Waals surface area contributed by atoms with E-state index in [9.17, 15) is 4.79 Å². The Labute approximate surface area is 192 Å². The molecule has 2 heterocycles. The molecule has 168 valence electrons. The largest absolute Gasteiger partial charge is 0.420 e. The van der Waals surface area contributed by atoms with E-state index >= 15 is 0 Å². The van der Waals surface area contributed by atoms with Gasteiger partial charge in [0.2, 0.25) is 5.89 Å². The molecule has 0 saturated heterocycles. The van der Waals surface area contributed by atoms with Crippen LogP contribution in [0.1, 0.15) is 66.3 Å². The van der Waals surface area contributed by atoms with Gasteiger partial charge in [0.05, 0.1) is 17.4 Å². The number of nitrogens with zero attached hydrogens (tertiary/aromatic N) is 4. The highest BCUT2D eigenvalue weighted by molar-refractivity contribution is 5.94. The van der Waals surface area contributed by atoms with E-state index in [-0.39, 0.29) is 17.4 Å². The maximum atomic E-state index is 12.9. The van der Waals surface area contributed by atoms with Crippen LogP contribution in [0.2, 0.25) is 0 Å². The fourth-order valence-corrected chi connectivity index (χ4v) is 4.32. The summed E-state index contributed by atoms with van der Waals surface area (Å²) < 4.78 is 7.45. The van der Waals surface area contributed by atoms with Crippen molar-refractivity contribution < 1.29 is 9.21 Å². The third-order valence-electron chi connectivity index (χ3n) is 6.04. The second-order valence-electron chi connectivity index (χ2n) is 9.51. The average molecular weight is 442 g/mol. The number of amides is 1. The van der Waals surface area contributed by atoms with Gasteiger partial charge in [0, 0.05) is 17.9 Å². The van der Waals surface area contributed by atoms with E-state index in [2.05, 4.69) is 48.4 Å². The topological polar surface area (TPSA) is 85.8 Å². The van der Waals surface area contributed by atoms with Crippen LogP contribution in [0.25, 0.3) is 17.3 Å². The summed E-state index contributed by atoms with van der Waals surface area (Å²) in [6, 6.07) is 17.9. The molecule has 2 aromatic carbocycles. The van der Waals surface area contributed by atoms with E-state index < -0.39 is 0 Å². The van der Waals surface area contributed by atoms with Gasteiger partial charge < -0.3 is 9.73 Å². The van der Waals surface area contributed by atoms with Crippen molar-refractivity contribution >= 4 is 5.91 Å². The molecular weight excluding hydrogens is 414 g/mol. The van der Waals surface area contributed by atoms with E-state index in [0.29, 0.717) is 23.0 Å². The number of benzene rings is 2. The minimum Gasteiger partial charge on any atom is -0.420 e. The van der Waals surface area contributed by atoms with Gasteiger partial charge in [-0.05, 0) is 54.3 Å². The number of hydrogen-bond acceptors (Lipinski definition) is 5. The first-order valence-corrected chi connectivity index (χ1v) is 11.2. The van der Waals surface area contributed by atoms with Gasteiger partial charge in [0.1, 0.15) is 5.69 Å². The Morgan fingerprint density at radius 2 is 1.85 bits per heavy atom. The molecule has 1 aliphatic carbocycles. The average Bonchev–Trinajstić information content (AvgIpc) is 3.52. The number of carbonyl (C=O) groups is 1. The quantitative estimate of drug-likeness (QED) is 0.484. The first kappa shape index (κ1) is 21.1. The molecule has 4 aromatic rings. The highest BCUT2D eigenvalue weighted by Gasteiger charge is 2.25. The monoisotopic (exact) mass is 441 g/mol. The number of rotatable bonds is 4. The zero-order valence-corrected chi connectivity index (χ0v) is 19.3. The maximum Gasteiger partial charge on any atom is 0.268 e. The van der Waals surface area contributed by atoms with Gasteiger partial charge in [-0.1, -0.05) is 45.0 Å². The maximum absolute atomic E-state index is 12.9. The normalized spacial score (nSPS) is 15.5. The fourth-order valence-electron chi connectivity index (χ4n) is 4.32. The molecule has 0 bridgehead atoms. The lowest BCUT2D eigenvalue weighted by molar-refractivity contribution is 0.0936. The van der Waals surface area contributed by atoms with Gasteiger partial charge in [-0.25, -0.2) is 4.68 Å². The molecule has 0 unspecified atom stereocenters. The van der Waals surface area contributed by atoms with Crippen molar-refractivity contribution in [2.24, 2.45) is 0 Å². The van der Waals surface area contributed by atoms with Crippen molar-refractivity contribution in [3.8, 4) is 17.3 Å². The van der Waals surface area contributed by atoms with Gasteiger partial charge >= 0.3 is 0 Å². The summed E-state index contributed by atoms with van der Waals surface area (Å²) in [6.45, 7) is 8.14. The van der Waals surface area contributed by atoms with Gasteiger partial charge in [0.15, 0.2) is 0 Å². The minimum atomic E-state index is -0.160. The Bertz CT molecular complexity index is 1310. The predicted molar refractivity (Wildman–Crippen MR) is 125 cm³/mol. The smallest absolute Gasteiger partial charge is 0.268 e. The van der Waals surface area contributed by atoms with Crippen molar-refractivity contribution in [3.63, 3.8) is 0 Å². The highest BCUT2D eigenvalue weighted by atomic mass is 16.4. The molecule has 5 rings (SSSR count). The minimum absolute atomic E-state index is 0.0624. The Morgan fingerprint density at radius 1 is 1.09 bits per heavy atom. The molecule has 7 nitrogen and oxygen atoms in total. The molecule has 1 amide bonds. The zero-order valence-electron chi connectivity index (χ0n) is 19.3. The molecule has 1 N–H and O–H groups in total. The van der Waals surface area contributed by atoms with E-state index in [0.717, 1.165) is 24.2 Å². The van der Waals surface area contributed by atoms with Crippen molar-refractivity contribution in [2.75, 3.05) is 0 Å². The Morgan fingerprint density at radius 3 is 2.55 bits per heavy atom. The fraction of sp³-hybridized carbons (Fsp3) is 0.308. The van der Waals surface area contributed by atoms with Crippen LogP contribution >= 0.6 is 0 Å². The lowest BCUT2D eigenvalue weighted by Gasteiger charge is -2.20. The summed E-state index contributed by atoms with van der Waals surface area (Å²) in [6.07, 6.45) is 1.93. The van der Waals surface area contributed by atoms with Gasteiger partial charge in [0.25, 0.3) is 11.8 Å². The van der Waals surface area contributed by atoms with Gasteiger partial charge in [-0.2, -0.15) is 5.10 Å². The summed E-state index contributed by atoms with van der Waals surface area (Å²) in [4.78, 5) is 12.9. The summed E-state index contributed by atoms with van der Waals surface area (Å²) >= 11 is 0. The Hall–Kier alpha value is -3.74. The molecule has 2 aromatic heterocycles. The van der Waals surface area contributed by atoms with Crippen LogP contribution in [0, 0.1) is 6.92 Å². The number of nitrogens with one attached hydrogen (secondary N) is 1. The second-order valence-corrected chi connectivity index (χ2v) is 9.51. The van der Waals surface area contributed by atoms with Crippen molar-refractivity contribution in [1.82, 2.24) is 25.3 Å². The van der Waals surface area contributed by atoms with Crippen LogP contribution in [0.5, 0.6) is 0 Å². The summed E-state index contributed by atoms with van der Waals surface area (Å²) in [5.41, 5.74) is 5.50. The van der Waals surface area contributed by atoms with E-state index in [4.69, 9.17) is 9.52 Å². The highest BCUT2D eigenvalue weighted by Crippen LogP contribution is 2.32. The molecule has 0 aliphatic heterocycles. The molecule has 0 spiro atoms. The van der Waals surface area contributed by atoms with Crippen LogP contribution in [-0.2, 0) is 11.8 Å². The zero-order chi connectivity index (χ0) is 23.2. The third kappa shape index (κ3) is 4.06. The standard InChI is InChI=1S/C26H27N5O2/c1-16-28-29-25(33-16)22-15-23(26(2,3)4)31(30-22)19-12-9-18(10-13-19)24(32)27-21-14-11-17-7-5-6-8-20(17)21/h5-10,12-13,15,21H,11,14H2,1-4H3,(H,27,32)/t21-/m1/s1. The summed E-state index contributed by atoms with van der Waals surface area (Å²) in [5, 5.41) is 15.9. The van der Waals surface area contributed by atoms with Crippen LogP contribution in [0.3, 0.4) is 0 Å². The van der Waals surface area contributed by atoms with Gasteiger partial charge in [-0.3, -0.25) is 4.79 Å². The first-order chi connectivity index (χ1) is 15.8. The van der Waals surface area contributed by atoms with Crippen molar-refractivity contribution in [3.05, 3.63) is 82.9 Å². The molecule has 0 radical (unpaired) electrons. The third-order valence-corrected chi connectivity index (χ3v) is 6.04. The number of aryl methyl sites for hydroxylation is 2. The van der Waals surface area contributed by atoms with E-state index in [1.807, 2.05) is 47.1 Å². The van der Waals surface area contributed by atoms with Crippen LogP contribution < -0.4 is 5.32 Å². The van der Waals surface area contributed by atoms with Crippen LogP contribution in [0.15, 0.2) is 59.0 Å². The summed E-state index contributed by atoms with van der Waals surface area (Å²) in [7, 11) is 0. The Balaban J connectivity index is 1.40. The molecule has 0 fully saturated rings. The second kappa shape index (κ2) is 7.99. The lowest BCUT2D eigenvalue weighted by Crippen LogP contribution is -2.27. The molecule has 33 heavy (non-hydrogen) atoms. The van der Waals surface area contributed by atoms with Crippen LogP contribution in [0.4, 0.5) is 0 Å². The number of aromatic nitrogens is 4. The molecule has 1 atom stereocenters.